The van der Waals surface area contributed by atoms with Crippen LogP contribution in [0.3, 0.4) is 0 Å². The Morgan fingerprint density at radius 2 is 0.889 bits per heavy atom. The van der Waals surface area contributed by atoms with Crippen LogP contribution in [0, 0.1) is 0 Å². The molecular formula is C50H30N4. The zero-order valence-electron chi connectivity index (χ0n) is 29.1. The van der Waals surface area contributed by atoms with Crippen molar-refractivity contribution in [2.75, 3.05) is 0 Å². The van der Waals surface area contributed by atoms with Crippen LogP contribution < -0.4 is 0 Å². The number of aromatic nitrogens is 4. The Hall–Kier alpha value is -7.30. The second-order valence-electron chi connectivity index (χ2n) is 14.2. The highest BCUT2D eigenvalue weighted by Crippen LogP contribution is 2.46. The first kappa shape index (κ1) is 29.3. The van der Waals surface area contributed by atoms with Crippen LogP contribution in [0.25, 0.3) is 111 Å². The summed E-state index contributed by atoms with van der Waals surface area (Å²) < 4.78 is 4.63. The van der Waals surface area contributed by atoms with E-state index in [-0.39, 0.29) is 0 Å². The molecule has 4 heteroatoms. The van der Waals surface area contributed by atoms with Crippen molar-refractivity contribution >= 4 is 54.5 Å². The summed E-state index contributed by atoms with van der Waals surface area (Å²) in [4.78, 5) is 10.5. The first-order valence-corrected chi connectivity index (χ1v) is 18.4. The van der Waals surface area contributed by atoms with Gasteiger partial charge in [-0.25, -0.2) is 9.97 Å². The Kier molecular flexibility index (Phi) is 6.02. The molecule has 0 unspecified atom stereocenters. The van der Waals surface area contributed by atoms with Crippen molar-refractivity contribution in [3.8, 4) is 56.3 Å². The molecule has 4 nitrogen and oxygen atoms in total. The zero-order chi connectivity index (χ0) is 35.3. The molecule has 0 radical (unpaired) electrons. The molecule has 0 atom stereocenters. The van der Waals surface area contributed by atoms with Gasteiger partial charge in [0.05, 0.1) is 33.3 Å². The van der Waals surface area contributed by atoms with Gasteiger partial charge in [-0.1, -0.05) is 127 Å². The summed E-state index contributed by atoms with van der Waals surface area (Å²) in [6.07, 6.45) is 0. The molecule has 0 spiro atoms. The third-order valence-corrected chi connectivity index (χ3v) is 11.3. The van der Waals surface area contributed by atoms with Crippen molar-refractivity contribution in [3.05, 3.63) is 182 Å². The van der Waals surface area contributed by atoms with Gasteiger partial charge in [0.25, 0.3) is 0 Å². The standard InChI is InChI=1S/C50H30N4/c1-2-12-31(13-3-1)32-14-10-15-35(28-32)53-44-22-8-6-17-37(44)41-29-33(24-26-46(41)53)34-25-27-47-42(30-34)38-18-7-9-23-45(38)54(47)50-51-43-21-11-20-39-36-16-4-5-19-40(36)49(52-50)48(39)43/h1-30H. The predicted molar refractivity (Wildman–Crippen MR) is 224 cm³/mol. The molecule has 0 saturated heterocycles. The van der Waals surface area contributed by atoms with Crippen LogP contribution in [0.5, 0.6) is 0 Å². The number of fused-ring (bicyclic) bond motifs is 9. The fourth-order valence-corrected chi connectivity index (χ4v) is 8.87. The van der Waals surface area contributed by atoms with E-state index in [4.69, 9.17) is 9.97 Å². The smallest absolute Gasteiger partial charge is 0.235 e. The van der Waals surface area contributed by atoms with Crippen LogP contribution in [0.1, 0.15) is 0 Å². The lowest BCUT2D eigenvalue weighted by Crippen LogP contribution is -2.02. The van der Waals surface area contributed by atoms with Crippen LogP contribution in [0.2, 0.25) is 0 Å². The average molecular weight is 687 g/mol. The van der Waals surface area contributed by atoms with E-state index in [0.717, 1.165) is 38.9 Å². The summed E-state index contributed by atoms with van der Waals surface area (Å²) in [7, 11) is 0. The zero-order valence-corrected chi connectivity index (χ0v) is 29.1. The Morgan fingerprint density at radius 3 is 1.65 bits per heavy atom. The van der Waals surface area contributed by atoms with Crippen molar-refractivity contribution in [2.45, 2.75) is 0 Å². The highest BCUT2D eigenvalue weighted by Gasteiger charge is 2.25. The largest absolute Gasteiger partial charge is 0.309 e. The van der Waals surface area contributed by atoms with Gasteiger partial charge in [0, 0.05) is 38.2 Å². The summed E-state index contributed by atoms with van der Waals surface area (Å²) in [6.45, 7) is 0. The molecule has 8 aromatic carbocycles. The van der Waals surface area contributed by atoms with Crippen LogP contribution in [0.4, 0.5) is 0 Å². The molecule has 12 rings (SSSR count). The number of hydrogen-bond acceptors (Lipinski definition) is 2. The van der Waals surface area contributed by atoms with Crippen LogP contribution in [0.15, 0.2) is 182 Å². The van der Waals surface area contributed by atoms with E-state index in [1.165, 1.54) is 66.0 Å². The summed E-state index contributed by atoms with van der Waals surface area (Å²) in [5.41, 5.74) is 16.0. The maximum Gasteiger partial charge on any atom is 0.235 e. The van der Waals surface area contributed by atoms with Gasteiger partial charge in [0.2, 0.25) is 5.95 Å². The summed E-state index contributed by atoms with van der Waals surface area (Å²) in [5.74, 6) is 0.691. The quantitative estimate of drug-likeness (QED) is 0.185. The lowest BCUT2D eigenvalue weighted by atomic mass is 10.0. The number of para-hydroxylation sites is 2. The van der Waals surface area contributed by atoms with Crippen molar-refractivity contribution in [1.82, 2.24) is 19.1 Å². The highest BCUT2D eigenvalue weighted by atomic mass is 15.2. The van der Waals surface area contributed by atoms with E-state index in [9.17, 15) is 0 Å². The molecule has 0 N–H and O–H groups in total. The molecule has 3 aromatic heterocycles. The number of hydrogen-bond donors (Lipinski definition) is 0. The van der Waals surface area contributed by atoms with E-state index in [2.05, 4.69) is 191 Å². The molecule has 3 heterocycles. The normalized spacial score (nSPS) is 12.1. The molecule has 54 heavy (non-hydrogen) atoms. The van der Waals surface area contributed by atoms with Crippen molar-refractivity contribution in [3.63, 3.8) is 0 Å². The van der Waals surface area contributed by atoms with Gasteiger partial charge in [0.15, 0.2) is 0 Å². The third kappa shape index (κ3) is 4.13. The minimum atomic E-state index is 0.691. The van der Waals surface area contributed by atoms with Crippen LogP contribution >= 0.6 is 0 Å². The molecule has 1 aliphatic carbocycles. The molecule has 250 valence electrons. The first-order valence-electron chi connectivity index (χ1n) is 18.4. The van der Waals surface area contributed by atoms with Gasteiger partial charge in [-0.2, -0.15) is 0 Å². The van der Waals surface area contributed by atoms with E-state index < -0.39 is 0 Å². The van der Waals surface area contributed by atoms with Crippen molar-refractivity contribution in [2.24, 2.45) is 0 Å². The van der Waals surface area contributed by atoms with E-state index in [1.54, 1.807) is 0 Å². The number of benzene rings is 8. The van der Waals surface area contributed by atoms with Gasteiger partial charge in [-0.15, -0.1) is 0 Å². The predicted octanol–water partition coefficient (Wildman–Crippen LogP) is 12.8. The maximum atomic E-state index is 5.30. The van der Waals surface area contributed by atoms with Gasteiger partial charge < -0.3 is 4.57 Å². The van der Waals surface area contributed by atoms with Crippen LogP contribution in [-0.4, -0.2) is 19.1 Å². The molecule has 0 bridgehead atoms. The summed E-state index contributed by atoms with van der Waals surface area (Å²) in [6, 6.07) is 65.5. The second kappa shape index (κ2) is 11.1. The van der Waals surface area contributed by atoms with Crippen molar-refractivity contribution < 1.29 is 0 Å². The topological polar surface area (TPSA) is 35.6 Å². The molecular weight excluding hydrogens is 657 g/mol. The molecule has 11 aromatic rings. The van der Waals surface area contributed by atoms with Crippen LogP contribution in [-0.2, 0) is 0 Å². The Bertz CT molecular complexity index is 3330. The fourth-order valence-electron chi connectivity index (χ4n) is 8.87. The van der Waals surface area contributed by atoms with Gasteiger partial charge >= 0.3 is 0 Å². The first-order chi connectivity index (χ1) is 26.8. The third-order valence-electron chi connectivity index (χ3n) is 11.3. The maximum absolute atomic E-state index is 5.30. The second-order valence-corrected chi connectivity index (χ2v) is 14.2. The van der Waals surface area contributed by atoms with Crippen molar-refractivity contribution in [1.29, 1.82) is 0 Å². The molecule has 0 aliphatic heterocycles. The van der Waals surface area contributed by atoms with E-state index >= 15 is 0 Å². The van der Waals surface area contributed by atoms with Gasteiger partial charge in [0.1, 0.15) is 0 Å². The SMILES string of the molecule is c1ccc(-c2cccc(-n3c4ccccc4c4cc(-c5ccc6c(c5)c5ccccc5n6-c5nc6c7c(cccc7n5)-c5ccccc5-6)ccc43)c2)cc1. The molecule has 0 amide bonds. The lowest BCUT2D eigenvalue weighted by Gasteiger charge is -2.11. The van der Waals surface area contributed by atoms with Gasteiger partial charge in [-0.05, 0) is 88.0 Å². The monoisotopic (exact) mass is 686 g/mol. The van der Waals surface area contributed by atoms with Gasteiger partial charge in [-0.3, -0.25) is 4.57 Å². The minimum absolute atomic E-state index is 0.691. The minimum Gasteiger partial charge on any atom is -0.309 e. The fraction of sp³-hybridized carbons (Fsp3) is 0. The molecule has 0 fully saturated rings. The highest BCUT2D eigenvalue weighted by molar-refractivity contribution is 6.15. The number of rotatable bonds is 4. The summed E-state index contributed by atoms with van der Waals surface area (Å²) >= 11 is 0. The van der Waals surface area contributed by atoms with E-state index in [0.29, 0.717) is 5.95 Å². The summed E-state index contributed by atoms with van der Waals surface area (Å²) in [5, 5.41) is 5.96. The Morgan fingerprint density at radius 1 is 0.333 bits per heavy atom. The molecule has 0 saturated carbocycles. The average Bonchev–Trinajstić information content (AvgIpc) is 3.87. The molecule has 1 aliphatic rings. The number of nitrogens with zero attached hydrogens (tertiary/aromatic N) is 4. The van der Waals surface area contributed by atoms with E-state index in [1.807, 2.05) is 0 Å². The Labute approximate surface area is 310 Å². The lowest BCUT2D eigenvalue weighted by molar-refractivity contribution is 1.02. The Balaban J connectivity index is 1.03.